The van der Waals surface area contributed by atoms with Crippen LogP contribution in [0, 0.1) is 13.8 Å². The molecule has 4 aromatic rings. The van der Waals surface area contributed by atoms with Crippen molar-refractivity contribution in [2.45, 2.75) is 33.1 Å². The number of carbonyl (C=O) groups excluding carboxylic acids is 1. The van der Waals surface area contributed by atoms with Gasteiger partial charge in [0.1, 0.15) is 12.3 Å². The fourth-order valence-electron chi connectivity index (χ4n) is 3.83. The number of ketones is 1. The fraction of sp³-hybridized carbons (Fsp3) is 0.333. The van der Waals surface area contributed by atoms with Crippen LogP contribution in [0.3, 0.4) is 0 Å². The van der Waals surface area contributed by atoms with Crippen molar-refractivity contribution >= 4 is 16.8 Å². The monoisotopic (exact) mass is 417 g/mol. The zero-order valence-electron chi connectivity index (χ0n) is 18.6. The summed E-state index contributed by atoms with van der Waals surface area (Å²) >= 11 is 0. The minimum Gasteiger partial charge on any atom is -0.470 e. The van der Waals surface area contributed by atoms with E-state index in [0.29, 0.717) is 17.9 Å². The lowest BCUT2D eigenvalue weighted by Gasteiger charge is -2.12. The third kappa shape index (κ3) is 4.21. The number of rotatable bonds is 7. The van der Waals surface area contributed by atoms with Crippen molar-refractivity contribution in [2.24, 2.45) is 14.1 Å². The Bertz CT molecular complexity index is 1240. The highest BCUT2D eigenvalue weighted by atomic mass is 16.5. The number of hydrogen-bond acceptors (Lipinski definition) is 5. The predicted octanol–water partition coefficient (Wildman–Crippen LogP) is 4.13. The van der Waals surface area contributed by atoms with Crippen LogP contribution in [0.15, 0.2) is 42.6 Å². The zero-order valence-corrected chi connectivity index (χ0v) is 18.6. The molecule has 0 aliphatic heterocycles. The number of nitrogens with zero attached hydrogens (tertiary/aromatic N) is 5. The van der Waals surface area contributed by atoms with Crippen LogP contribution in [0.2, 0.25) is 0 Å². The number of fused-ring (bicyclic) bond motifs is 1. The van der Waals surface area contributed by atoms with E-state index in [4.69, 9.17) is 4.74 Å². The topological polar surface area (TPSA) is 74.8 Å². The maximum Gasteiger partial charge on any atom is 0.215 e. The van der Waals surface area contributed by atoms with Gasteiger partial charge in [-0.05, 0) is 37.0 Å². The Balaban J connectivity index is 1.49. The Kier molecular flexibility index (Phi) is 5.59. The van der Waals surface area contributed by atoms with E-state index < -0.39 is 0 Å². The number of hydrogen-bond donors (Lipinski definition) is 0. The molecular weight excluding hydrogens is 390 g/mol. The quantitative estimate of drug-likeness (QED) is 0.452. The molecule has 1 atom stereocenters. The van der Waals surface area contributed by atoms with E-state index in [0.717, 1.165) is 27.9 Å². The van der Waals surface area contributed by atoms with Gasteiger partial charge in [-0.25, -0.2) is 4.68 Å². The van der Waals surface area contributed by atoms with Gasteiger partial charge < -0.3 is 4.74 Å². The van der Waals surface area contributed by atoms with Crippen molar-refractivity contribution < 1.29 is 9.53 Å². The zero-order chi connectivity index (χ0) is 22.1. The van der Waals surface area contributed by atoms with E-state index in [1.807, 2.05) is 33.2 Å². The van der Waals surface area contributed by atoms with Crippen LogP contribution >= 0.6 is 0 Å². The minimum absolute atomic E-state index is 0.000582. The molecule has 31 heavy (non-hydrogen) atoms. The van der Waals surface area contributed by atoms with Gasteiger partial charge >= 0.3 is 0 Å². The lowest BCUT2D eigenvalue weighted by atomic mass is 9.95. The molecule has 7 heteroatoms. The lowest BCUT2D eigenvalue weighted by molar-refractivity contribution is -0.121. The molecule has 0 radical (unpaired) electrons. The first-order valence-electron chi connectivity index (χ1n) is 10.4. The highest BCUT2D eigenvalue weighted by Gasteiger charge is 2.19. The van der Waals surface area contributed by atoms with Crippen molar-refractivity contribution in [1.29, 1.82) is 0 Å². The number of carbonyl (C=O) groups is 1. The predicted molar refractivity (Wildman–Crippen MR) is 120 cm³/mol. The second-order valence-corrected chi connectivity index (χ2v) is 8.13. The normalized spacial score (nSPS) is 12.3. The summed E-state index contributed by atoms with van der Waals surface area (Å²) in [4.78, 5) is 17.1. The van der Waals surface area contributed by atoms with E-state index in [9.17, 15) is 4.79 Å². The standard InChI is InChI=1S/C24H27N5O2/c1-15-6-8-18(9-7-15)16(2)12-19(30)14-31-21-13-17(3)22-23(20-10-11-25-28(20)4)27-29(5)24(22)26-21/h6-11,13,16H,12,14H2,1-5H3/t16-/m1/s1. The Labute approximate surface area is 181 Å². The number of benzene rings is 1. The molecule has 0 bridgehead atoms. The molecule has 0 spiro atoms. The first-order chi connectivity index (χ1) is 14.8. The summed E-state index contributed by atoms with van der Waals surface area (Å²) < 4.78 is 9.30. The fourth-order valence-corrected chi connectivity index (χ4v) is 3.83. The van der Waals surface area contributed by atoms with E-state index >= 15 is 0 Å². The average Bonchev–Trinajstić information content (AvgIpc) is 3.30. The molecule has 1 aromatic carbocycles. The lowest BCUT2D eigenvalue weighted by Crippen LogP contribution is -2.14. The largest absolute Gasteiger partial charge is 0.470 e. The highest BCUT2D eigenvalue weighted by molar-refractivity contribution is 5.93. The molecule has 0 saturated heterocycles. The van der Waals surface area contributed by atoms with Crippen LogP contribution in [0.1, 0.15) is 36.0 Å². The van der Waals surface area contributed by atoms with Crippen molar-refractivity contribution in [2.75, 3.05) is 6.61 Å². The van der Waals surface area contributed by atoms with E-state index in [1.54, 1.807) is 15.6 Å². The van der Waals surface area contributed by atoms with Gasteiger partial charge in [0.15, 0.2) is 11.4 Å². The van der Waals surface area contributed by atoms with Gasteiger partial charge in [0.25, 0.3) is 0 Å². The van der Waals surface area contributed by atoms with Crippen LogP contribution < -0.4 is 4.74 Å². The van der Waals surface area contributed by atoms with E-state index in [-0.39, 0.29) is 18.3 Å². The maximum absolute atomic E-state index is 12.5. The summed E-state index contributed by atoms with van der Waals surface area (Å²) in [5, 5.41) is 9.84. The highest BCUT2D eigenvalue weighted by Crippen LogP contribution is 2.31. The van der Waals surface area contributed by atoms with Gasteiger partial charge in [-0.1, -0.05) is 36.8 Å². The maximum atomic E-state index is 12.5. The number of pyridine rings is 1. The van der Waals surface area contributed by atoms with Crippen LogP contribution in [-0.4, -0.2) is 36.9 Å². The van der Waals surface area contributed by atoms with Crippen molar-refractivity contribution in [1.82, 2.24) is 24.5 Å². The molecular formula is C24H27N5O2. The van der Waals surface area contributed by atoms with Crippen molar-refractivity contribution in [3.8, 4) is 17.3 Å². The SMILES string of the molecule is Cc1ccc([C@H](C)CC(=O)COc2cc(C)c3c(-c4ccnn4C)nn(C)c3n2)cc1. The number of aryl methyl sites for hydroxylation is 4. The Morgan fingerprint density at radius 1 is 1.10 bits per heavy atom. The minimum atomic E-state index is 0.000582. The molecule has 0 aliphatic rings. The third-order valence-electron chi connectivity index (χ3n) is 5.59. The number of aromatic nitrogens is 5. The van der Waals surface area contributed by atoms with Gasteiger partial charge in [-0.2, -0.15) is 15.2 Å². The Hall–Kier alpha value is -3.48. The molecule has 3 heterocycles. The molecule has 3 aromatic heterocycles. The van der Waals surface area contributed by atoms with Crippen LogP contribution in [0.5, 0.6) is 5.88 Å². The van der Waals surface area contributed by atoms with Crippen LogP contribution in [0.25, 0.3) is 22.4 Å². The Morgan fingerprint density at radius 2 is 1.84 bits per heavy atom. The molecule has 0 N–H and O–H groups in total. The second-order valence-electron chi connectivity index (χ2n) is 8.13. The molecule has 0 aliphatic carbocycles. The van der Waals surface area contributed by atoms with Gasteiger partial charge in [0.05, 0.1) is 11.1 Å². The second kappa shape index (κ2) is 8.34. The van der Waals surface area contributed by atoms with Crippen molar-refractivity contribution in [3.63, 3.8) is 0 Å². The average molecular weight is 418 g/mol. The van der Waals surface area contributed by atoms with Gasteiger partial charge in [-0.15, -0.1) is 0 Å². The third-order valence-corrected chi connectivity index (χ3v) is 5.59. The molecule has 160 valence electrons. The van der Waals surface area contributed by atoms with Crippen LogP contribution in [-0.2, 0) is 18.9 Å². The van der Waals surface area contributed by atoms with Crippen LogP contribution in [0.4, 0.5) is 0 Å². The molecule has 0 saturated carbocycles. The first-order valence-corrected chi connectivity index (χ1v) is 10.4. The molecule has 4 rings (SSSR count). The smallest absolute Gasteiger partial charge is 0.215 e. The summed E-state index contributed by atoms with van der Waals surface area (Å²) in [6, 6.07) is 12.1. The first kappa shape index (κ1) is 20.8. The molecule has 0 unspecified atom stereocenters. The van der Waals surface area contributed by atoms with Gasteiger partial charge in [0.2, 0.25) is 5.88 Å². The van der Waals surface area contributed by atoms with Gasteiger partial charge in [-0.3, -0.25) is 9.48 Å². The van der Waals surface area contributed by atoms with E-state index in [1.165, 1.54) is 5.56 Å². The summed E-state index contributed by atoms with van der Waals surface area (Å²) in [6.07, 6.45) is 2.18. The van der Waals surface area contributed by atoms with Crippen molar-refractivity contribution in [3.05, 3.63) is 59.3 Å². The summed E-state index contributed by atoms with van der Waals surface area (Å²) in [5.41, 5.74) is 5.83. The molecule has 0 fully saturated rings. The summed E-state index contributed by atoms with van der Waals surface area (Å²) in [5.74, 6) is 0.626. The summed E-state index contributed by atoms with van der Waals surface area (Å²) in [6.45, 7) is 6.12. The van der Waals surface area contributed by atoms with E-state index in [2.05, 4.69) is 53.3 Å². The molecule has 7 nitrogen and oxygen atoms in total. The number of Topliss-reactive ketones (excluding diaryl/α,β-unsaturated/α-hetero) is 1. The Morgan fingerprint density at radius 3 is 2.52 bits per heavy atom. The van der Waals surface area contributed by atoms with Gasteiger partial charge in [0, 0.05) is 32.8 Å². The number of ether oxygens (including phenoxy) is 1. The molecule has 0 amide bonds. The summed E-state index contributed by atoms with van der Waals surface area (Å²) in [7, 11) is 3.74.